The lowest BCUT2D eigenvalue weighted by molar-refractivity contribution is 0.0397. The number of rotatable bonds is 9. The topological polar surface area (TPSA) is 78.0 Å². The van der Waals surface area contributed by atoms with Gasteiger partial charge in [-0.3, -0.25) is 9.79 Å². The minimum absolute atomic E-state index is 0.0164. The van der Waals surface area contributed by atoms with Crippen molar-refractivity contribution in [1.29, 1.82) is 0 Å². The SMILES string of the molecule is CC(C)=CCN1CC[C@@]2(C)c3cc(OP(=O)(O)Oc4cccc5[nH]cc(CCN(C)C)c45)ccc3C[C@@H]1[C@@H]2C. The average Bonchev–Trinajstić information content (AvgIpc) is 3.28. The molecule has 2 heterocycles. The van der Waals surface area contributed by atoms with Crippen LogP contribution < -0.4 is 9.05 Å². The van der Waals surface area contributed by atoms with Gasteiger partial charge in [-0.1, -0.05) is 37.6 Å². The van der Waals surface area contributed by atoms with Crippen LogP contribution in [0, 0.1) is 5.92 Å². The fourth-order valence-electron chi connectivity index (χ4n) is 6.38. The Morgan fingerprint density at radius 1 is 1.26 bits per heavy atom. The van der Waals surface area contributed by atoms with Crippen LogP contribution in [0.3, 0.4) is 0 Å². The summed E-state index contributed by atoms with van der Waals surface area (Å²) in [5, 5.41) is 0.815. The molecule has 0 spiro atoms. The summed E-state index contributed by atoms with van der Waals surface area (Å²) in [4.78, 5) is 18.8. The van der Waals surface area contributed by atoms with Crippen molar-refractivity contribution in [2.75, 3.05) is 33.7 Å². The molecule has 0 saturated carbocycles. The molecule has 2 aliphatic rings. The first-order valence-electron chi connectivity index (χ1n) is 13.9. The number of H-pyrrole nitrogens is 1. The van der Waals surface area contributed by atoms with Crippen LogP contribution in [0.15, 0.2) is 54.2 Å². The molecular weight excluding hydrogens is 509 g/mol. The van der Waals surface area contributed by atoms with Crippen LogP contribution in [0.2, 0.25) is 0 Å². The molecule has 1 fully saturated rings. The van der Waals surface area contributed by atoms with Gasteiger partial charge in [0.15, 0.2) is 0 Å². The number of phosphoric acid groups is 1. The largest absolute Gasteiger partial charge is 0.584 e. The molecule has 210 valence electrons. The number of hydrogen-bond acceptors (Lipinski definition) is 5. The summed E-state index contributed by atoms with van der Waals surface area (Å²) in [6, 6.07) is 11.8. The van der Waals surface area contributed by atoms with Crippen LogP contribution in [0.1, 0.15) is 50.8 Å². The molecule has 1 unspecified atom stereocenters. The fourth-order valence-corrected chi connectivity index (χ4v) is 7.20. The number of piperidine rings is 1. The summed E-state index contributed by atoms with van der Waals surface area (Å²) in [5.74, 6) is 1.18. The second kappa shape index (κ2) is 10.8. The van der Waals surface area contributed by atoms with Crippen LogP contribution in [-0.4, -0.2) is 59.4 Å². The minimum atomic E-state index is -4.44. The maximum absolute atomic E-state index is 13.3. The van der Waals surface area contributed by atoms with E-state index in [1.807, 2.05) is 38.5 Å². The van der Waals surface area contributed by atoms with Crippen molar-refractivity contribution < 1.29 is 18.5 Å². The number of nitrogens with zero attached hydrogens (tertiary/aromatic N) is 2. The van der Waals surface area contributed by atoms with E-state index in [0.717, 1.165) is 55.4 Å². The molecule has 0 amide bonds. The quantitative estimate of drug-likeness (QED) is 0.239. The van der Waals surface area contributed by atoms with Crippen molar-refractivity contribution >= 4 is 18.7 Å². The lowest BCUT2D eigenvalue weighted by atomic mass is 9.59. The molecule has 1 saturated heterocycles. The molecule has 8 heteroatoms. The zero-order valence-corrected chi connectivity index (χ0v) is 24.9. The van der Waals surface area contributed by atoms with Gasteiger partial charge in [-0.15, -0.1) is 0 Å². The van der Waals surface area contributed by atoms with E-state index in [0.29, 0.717) is 23.5 Å². The van der Waals surface area contributed by atoms with Crippen molar-refractivity contribution in [2.45, 2.75) is 58.4 Å². The highest BCUT2D eigenvalue weighted by Gasteiger charge is 2.48. The number of benzene rings is 2. The standard InChI is InChI=1S/C31H42N3O4P/c1-21(2)12-16-34-17-14-31(4)22(3)28(34)18-23-10-11-25(19-26(23)31)37-39(35,36)38-29-9-7-8-27-30(29)24(20-32-27)13-15-33(5)6/h7-12,19-20,22,28,32H,13-18H2,1-6H3,(H,35,36)/t22-,28+,31+/m0/s1. The summed E-state index contributed by atoms with van der Waals surface area (Å²) in [6.07, 6.45) is 7.06. The molecule has 4 atom stereocenters. The van der Waals surface area contributed by atoms with Crippen LogP contribution in [0.25, 0.3) is 10.9 Å². The Hall–Kier alpha value is -2.57. The third-order valence-electron chi connectivity index (χ3n) is 8.84. The van der Waals surface area contributed by atoms with Crippen molar-refractivity contribution in [3.8, 4) is 11.5 Å². The molecular formula is C31H42N3O4P. The Bertz CT molecular complexity index is 1430. The van der Waals surface area contributed by atoms with E-state index in [1.165, 1.54) is 16.7 Å². The van der Waals surface area contributed by atoms with E-state index in [4.69, 9.17) is 9.05 Å². The van der Waals surface area contributed by atoms with Crippen molar-refractivity contribution in [2.24, 2.45) is 5.92 Å². The predicted octanol–water partition coefficient (Wildman–Crippen LogP) is 6.32. The molecule has 7 nitrogen and oxygen atoms in total. The van der Waals surface area contributed by atoms with Gasteiger partial charge in [0.2, 0.25) is 0 Å². The molecule has 1 aliphatic carbocycles. The van der Waals surface area contributed by atoms with E-state index in [9.17, 15) is 9.46 Å². The van der Waals surface area contributed by atoms with E-state index in [-0.39, 0.29) is 5.41 Å². The van der Waals surface area contributed by atoms with Gasteiger partial charge in [0.05, 0.1) is 0 Å². The Morgan fingerprint density at radius 2 is 2.05 bits per heavy atom. The number of likely N-dealkylation sites (tertiary alicyclic amines) is 1. The van der Waals surface area contributed by atoms with Crippen LogP contribution in [0.5, 0.6) is 11.5 Å². The third-order valence-corrected chi connectivity index (χ3v) is 9.71. The molecule has 2 aromatic carbocycles. The van der Waals surface area contributed by atoms with Gasteiger partial charge in [0, 0.05) is 36.2 Å². The number of likely N-dealkylation sites (N-methyl/N-ethyl adjacent to an activating group) is 1. The fraction of sp³-hybridized carbons (Fsp3) is 0.484. The number of nitrogens with one attached hydrogen (secondary N) is 1. The molecule has 1 aliphatic heterocycles. The highest BCUT2D eigenvalue weighted by atomic mass is 31.2. The van der Waals surface area contributed by atoms with E-state index in [1.54, 1.807) is 12.1 Å². The Balaban J connectivity index is 1.37. The lowest BCUT2D eigenvalue weighted by Crippen LogP contribution is -2.57. The number of hydrogen-bond donors (Lipinski definition) is 2. The Kier molecular flexibility index (Phi) is 7.73. The average molecular weight is 552 g/mol. The van der Waals surface area contributed by atoms with Crippen molar-refractivity contribution in [3.05, 3.63) is 70.9 Å². The van der Waals surface area contributed by atoms with Gasteiger partial charge in [-0.05, 0) is 106 Å². The van der Waals surface area contributed by atoms with E-state index in [2.05, 4.69) is 54.6 Å². The van der Waals surface area contributed by atoms with Crippen LogP contribution in [0.4, 0.5) is 0 Å². The molecule has 5 rings (SSSR count). The highest BCUT2D eigenvalue weighted by molar-refractivity contribution is 7.48. The third kappa shape index (κ3) is 5.69. The molecule has 39 heavy (non-hydrogen) atoms. The Morgan fingerprint density at radius 3 is 2.79 bits per heavy atom. The zero-order chi connectivity index (χ0) is 27.9. The maximum atomic E-state index is 13.3. The smallest absolute Gasteiger partial charge is 0.395 e. The van der Waals surface area contributed by atoms with Gasteiger partial charge in [0.25, 0.3) is 0 Å². The normalized spacial score (nSPS) is 24.3. The number of phosphoric ester groups is 1. The van der Waals surface area contributed by atoms with Crippen LogP contribution >= 0.6 is 7.82 Å². The van der Waals surface area contributed by atoms with Crippen molar-refractivity contribution in [3.63, 3.8) is 0 Å². The molecule has 2 bridgehead atoms. The van der Waals surface area contributed by atoms with Crippen LogP contribution in [-0.2, 0) is 22.8 Å². The summed E-state index contributed by atoms with van der Waals surface area (Å²) in [7, 11) is -0.394. The van der Waals surface area contributed by atoms with Gasteiger partial charge >= 0.3 is 7.82 Å². The minimum Gasteiger partial charge on any atom is -0.395 e. The first-order chi connectivity index (χ1) is 18.5. The zero-order valence-electron chi connectivity index (χ0n) is 24.0. The van der Waals surface area contributed by atoms with Gasteiger partial charge in [-0.2, -0.15) is 0 Å². The summed E-state index contributed by atoms with van der Waals surface area (Å²) in [5.41, 5.74) is 5.76. The highest BCUT2D eigenvalue weighted by Crippen LogP contribution is 2.51. The molecule has 3 aromatic rings. The number of aromatic amines is 1. The number of allylic oxidation sites excluding steroid dienone is 1. The first-order valence-corrected chi connectivity index (χ1v) is 15.4. The second-order valence-electron chi connectivity index (χ2n) is 12.0. The number of fused-ring (bicyclic) bond motifs is 5. The number of aromatic nitrogens is 1. The second-order valence-corrected chi connectivity index (χ2v) is 13.3. The first kappa shape index (κ1) is 28.0. The molecule has 0 radical (unpaired) electrons. The summed E-state index contributed by atoms with van der Waals surface area (Å²) >= 11 is 0. The summed E-state index contributed by atoms with van der Waals surface area (Å²) in [6.45, 7) is 11.9. The van der Waals surface area contributed by atoms with Gasteiger partial charge in [-0.25, -0.2) is 4.57 Å². The van der Waals surface area contributed by atoms with E-state index >= 15 is 0 Å². The van der Waals surface area contributed by atoms with Crippen molar-refractivity contribution in [1.82, 2.24) is 14.8 Å². The maximum Gasteiger partial charge on any atom is 0.584 e. The van der Waals surface area contributed by atoms with Gasteiger partial charge in [0.1, 0.15) is 11.5 Å². The molecule has 1 aromatic heterocycles. The molecule has 2 N–H and O–H groups in total. The van der Waals surface area contributed by atoms with Gasteiger partial charge < -0.3 is 18.9 Å². The predicted molar refractivity (Wildman–Crippen MR) is 158 cm³/mol. The lowest BCUT2D eigenvalue weighted by Gasteiger charge is -2.54. The Labute approximate surface area is 232 Å². The summed E-state index contributed by atoms with van der Waals surface area (Å²) < 4.78 is 24.7. The monoisotopic (exact) mass is 551 g/mol. The van der Waals surface area contributed by atoms with E-state index < -0.39 is 7.82 Å².